The summed E-state index contributed by atoms with van der Waals surface area (Å²) in [5, 5.41) is 4.33. The molecular formula is C19H23N3OS. The van der Waals surface area contributed by atoms with Crippen LogP contribution in [0.15, 0.2) is 35.8 Å². The fourth-order valence-electron chi connectivity index (χ4n) is 2.71. The molecule has 3 aromatic rings. The second-order valence-corrected chi connectivity index (χ2v) is 7.32. The number of carbonyl (C=O) groups is 1. The summed E-state index contributed by atoms with van der Waals surface area (Å²) >= 11 is 1.64. The number of para-hydroxylation sites is 1. The predicted molar refractivity (Wildman–Crippen MR) is 99.5 cm³/mol. The Morgan fingerprint density at radius 2 is 2.12 bits per heavy atom. The molecule has 0 aliphatic carbocycles. The second-order valence-electron chi connectivity index (χ2n) is 6.43. The molecule has 0 aliphatic heterocycles. The summed E-state index contributed by atoms with van der Waals surface area (Å²) in [5.41, 5.74) is 3.28. The first kappa shape index (κ1) is 16.7. The highest BCUT2D eigenvalue weighted by Gasteiger charge is 2.14. The van der Waals surface area contributed by atoms with Gasteiger partial charge in [0.25, 0.3) is 0 Å². The average molecular weight is 341 g/mol. The Morgan fingerprint density at radius 1 is 1.33 bits per heavy atom. The minimum Gasteiger partial charge on any atom is -0.361 e. The van der Waals surface area contributed by atoms with Gasteiger partial charge < -0.3 is 9.88 Å². The van der Waals surface area contributed by atoms with Gasteiger partial charge in [-0.2, -0.15) is 0 Å². The normalized spacial score (nSPS) is 11.3. The Labute approximate surface area is 146 Å². The van der Waals surface area contributed by atoms with E-state index in [2.05, 4.69) is 35.9 Å². The molecule has 3 rings (SSSR count). The predicted octanol–water partition coefficient (Wildman–Crippen LogP) is 3.99. The lowest BCUT2D eigenvalue weighted by Gasteiger charge is -2.16. The van der Waals surface area contributed by atoms with E-state index in [-0.39, 0.29) is 5.91 Å². The first-order valence-corrected chi connectivity index (χ1v) is 9.16. The number of benzene rings is 1. The quantitative estimate of drug-likeness (QED) is 0.737. The maximum absolute atomic E-state index is 12.4. The molecule has 2 heterocycles. The molecule has 0 atom stereocenters. The zero-order valence-electron chi connectivity index (χ0n) is 14.4. The molecule has 0 saturated heterocycles. The zero-order chi connectivity index (χ0) is 17.1. The molecule has 0 unspecified atom stereocenters. The summed E-state index contributed by atoms with van der Waals surface area (Å²) in [6.45, 7) is 4.96. The fourth-order valence-corrected chi connectivity index (χ4v) is 3.55. The van der Waals surface area contributed by atoms with Crippen LogP contribution >= 0.6 is 11.3 Å². The number of thiazole rings is 1. The fraction of sp³-hybridized carbons (Fsp3) is 0.368. The Bertz CT molecular complexity index is 834. The van der Waals surface area contributed by atoms with E-state index in [1.54, 1.807) is 16.2 Å². The summed E-state index contributed by atoms with van der Waals surface area (Å²) in [6.07, 6.45) is 3.27. The van der Waals surface area contributed by atoms with Gasteiger partial charge in [0.05, 0.1) is 17.1 Å². The van der Waals surface area contributed by atoms with E-state index in [9.17, 15) is 4.79 Å². The minimum absolute atomic E-state index is 0.121. The number of nitrogens with zero attached hydrogens (tertiary/aromatic N) is 2. The van der Waals surface area contributed by atoms with Crippen LogP contribution in [0.4, 0.5) is 0 Å². The summed E-state index contributed by atoms with van der Waals surface area (Å²) in [6, 6.07) is 8.26. The molecule has 0 radical (unpaired) electrons. The van der Waals surface area contributed by atoms with Gasteiger partial charge in [0.2, 0.25) is 5.91 Å². The lowest BCUT2D eigenvalue weighted by Crippen LogP contribution is -2.30. The van der Waals surface area contributed by atoms with Crippen LogP contribution in [-0.2, 0) is 17.6 Å². The lowest BCUT2D eigenvalue weighted by molar-refractivity contribution is -0.129. The highest BCUT2D eigenvalue weighted by atomic mass is 32.1. The molecule has 2 aromatic heterocycles. The van der Waals surface area contributed by atoms with Crippen LogP contribution in [0.25, 0.3) is 10.9 Å². The molecule has 4 nitrogen and oxygen atoms in total. The van der Waals surface area contributed by atoms with Crippen molar-refractivity contribution in [1.29, 1.82) is 0 Å². The van der Waals surface area contributed by atoms with Crippen molar-refractivity contribution in [2.45, 2.75) is 32.6 Å². The van der Waals surface area contributed by atoms with E-state index in [4.69, 9.17) is 0 Å². The standard InChI is InChI=1S/C19H23N3OS/c1-13(2)19-21-15(12-24-19)10-18(23)22(3)9-8-14-11-20-17-7-5-4-6-16(14)17/h4-7,11-13,20H,8-10H2,1-3H3. The maximum atomic E-state index is 12.4. The molecule has 1 N–H and O–H groups in total. The number of carbonyl (C=O) groups excluding carboxylic acids is 1. The van der Waals surface area contributed by atoms with Gasteiger partial charge in [0, 0.05) is 42.0 Å². The molecule has 5 heteroatoms. The summed E-state index contributed by atoms with van der Waals surface area (Å²) in [5.74, 6) is 0.536. The highest BCUT2D eigenvalue weighted by molar-refractivity contribution is 7.09. The van der Waals surface area contributed by atoms with Crippen molar-refractivity contribution >= 4 is 28.1 Å². The average Bonchev–Trinajstić information content (AvgIpc) is 3.19. The van der Waals surface area contributed by atoms with Crippen LogP contribution in [0.3, 0.4) is 0 Å². The number of H-pyrrole nitrogens is 1. The van der Waals surface area contributed by atoms with Gasteiger partial charge in [-0.15, -0.1) is 11.3 Å². The largest absolute Gasteiger partial charge is 0.361 e. The number of amides is 1. The Morgan fingerprint density at radius 3 is 2.88 bits per heavy atom. The van der Waals surface area contributed by atoms with Crippen molar-refractivity contribution in [3.63, 3.8) is 0 Å². The van der Waals surface area contributed by atoms with E-state index in [1.807, 2.05) is 30.8 Å². The molecule has 1 aromatic carbocycles. The maximum Gasteiger partial charge on any atom is 0.228 e. The number of hydrogen-bond donors (Lipinski definition) is 1. The number of rotatable bonds is 6. The first-order valence-electron chi connectivity index (χ1n) is 8.28. The number of aromatic nitrogens is 2. The molecule has 24 heavy (non-hydrogen) atoms. The topological polar surface area (TPSA) is 49.0 Å². The summed E-state index contributed by atoms with van der Waals surface area (Å²) in [7, 11) is 1.87. The minimum atomic E-state index is 0.121. The van der Waals surface area contributed by atoms with E-state index >= 15 is 0 Å². The van der Waals surface area contributed by atoms with Crippen molar-refractivity contribution in [1.82, 2.24) is 14.9 Å². The van der Waals surface area contributed by atoms with Crippen LogP contribution in [0.2, 0.25) is 0 Å². The van der Waals surface area contributed by atoms with E-state index < -0.39 is 0 Å². The molecule has 0 saturated carbocycles. The van der Waals surface area contributed by atoms with Crippen LogP contribution in [0.5, 0.6) is 0 Å². The van der Waals surface area contributed by atoms with E-state index in [1.165, 1.54) is 10.9 Å². The third kappa shape index (κ3) is 3.67. The van der Waals surface area contributed by atoms with Gasteiger partial charge in [-0.1, -0.05) is 32.0 Å². The van der Waals surface area contributed by atoms with Gasteiger partial charge in [0.15, 0.2) is 0 Å². The highest BCUT2D eigenvalue weighted by Crippen LogP contribution is 2.20. The number of likely N-dealkylation sites (N-methyl/N-ethyl adjacent to an activating group) is 1. The van der Waals surface area contributed by atoms with Gasteiger partial charge in [-0.3, -0.25) is 4.79 Å². The lowest BCUT2D eigenvalue weighted by atomic mass is 10.1. The van der Waals surface area contributed by atoms with Crippen molar-refractivity contribution in [2.75, 3.05) is 13.6 Å². The Balaban J connectivity index is 1.57. The van der Waals surface area contributed by atoms with Crippen molar-refractivity contribution in [3.8, 4) is 0 Å². The van der Waals surface area contributed by atoms with Crippen molar-refractivity contribution in [3.05, 3.63) is 52.1 Å². The van der Waals surface area contributed by atoms with Crippen molar-refractivity contribution in [2.24, 2.45) is 0 Å². The number of fused-ring (bicyclic) bond motifs is 1. The van der Waals surface area contributed by atoms with E-state index in [0.717, 1.165) is 22.6 Å². The number of hydrogen-bond acceptors (Lipinski definition) is 3. The SMILES string of the molecule is CC(C)c1nc(CC(=O)N(C)CCc2c[nH]c3ccccc23)cs1. The first-order chi connectivity index (χ1) is 11.5. The Hall–Kier alpha value is -2.14. The zero-order valence-corrected chi connectivity index (χ0v) is 15.2. The summed E-state index contributed by atoms with van der Waals surface area (Å²) in [4.78, 5) is 22.0. The second kappa shape index (κ2) is 7.18. The molecular weight excluding hydrogens is 318 g/mol. The van der Waals surface area contributed by atoms with Crippen molar-refractivity contribution < 1.29 is 4.79 Å². The molecule has 1 amide bonds. The smallest absolute Gasteiger partial charge is 0.228 e. The number of nitrogens with one attached hydrogen (secondary N) is 1. The van der Waals surface area contributed by atoms with Crippen LogP contribution < -0.4 is 0 Å². The molecule has 0 spiro atoms. The third-order valence-electron chi connectivity index (χ3n) is 4.21. The number of aromatic amines is 1. The monoisotopic (exact) mass is 341 g/mol. The summed E-state index contributed by atoms with van der Waals surface area (Å²) < 4.78 is 0. The molecule has 126 valence electrons. The van der Waals surface area contributed by atoms with Crippen LogP contribution in [0, 0.1) is 0 Å². The molecule has 0 aliphatic rings. The van der Waals surface area contributed by atoms with Gasteiger partial charge in [0.1, 0.15) is 0 Å². The van der Waals surface area contributed by atoms with Gasteiger partial charge in [-0.25, -0.2) is 4.98 Å². The molecule has 0 bridgehead atoms. The van der Waals surface area contributed by atoms with Crippen LogP contribution in [-0.4, -0.2) is 34.4 Å². The van der Waals surface area contributed by atoms with Gasteiger partial charge >= 0.3 is 0 Å². The third-order valence-corrected chi connectivity index (χ3v) is 5.41. The molecule has 0 fully saturated rings. The van der Waals surface area contributed by atoms with E-state index in [0.29, 0.717) is 18.9 Å². The Kier molecular flexibility index (Phi) is 5.00. The van der Waals surface area contributed by atoms with Gasteiger partial charge in [-0.05, 0) is 18.1 Å². The van der Waals surface area contributed by atoms with Crippen LogP contribution in [0.1, 0.15) is 36.0 Å².